The molecule has 1 fully saturated rings. The van der Waals surface area contributed by atoms with E-state index in [0.29, 0.717) is 25.2 Å². The predicted octanol–water partition coefficient (Wildman–Crippen LogP) is 6.55. The van der Waals surface area contributed by atoms with Gasteiger partial charge < -0.3 is 49.8 Å². The number of hydrazone groups is 1. The van der Waals surface area contributed by atoms with Crippen molar-refractivity contribution in [3.8, 4) is 29.1 Å². The number of methoxy groups -OCH3 is 1. The number of esters is 1. The van der Waals surface area contributed by atoms with Crippen LogP contribution in [0.25, 0.3) is 10.8 Å². The van der Waals surface area contributed by atoms with Gasteiger partial charge in [0.15, 0.2) is 5.75 Å². The van der Waals surface area contributed by atoms with Crippen LogP contribution in [-0.4, -0.2) is 122 Å². The molecule has 0 aliphatic carbocycles. The first-order chi connectivity index (χ1) is 32.6. The quantitative estimate of drug-likeness (QED) is 0.0664. The summed E-state index contributed by atoms with van der Waals surface area (Å²) in [5, 5.41) is 77.8. The van der Waals surface area contributed by atoms with Gasteiger partial charge in [-0.15, -0.1) is 0 Å². The molecule has 370 valence electrons. The van der Waals surface area contributed by atoms with Crippen molar-refractivity contribution in [1.82, 2.24) is 9.91 Å². The number of amides is 1. The fourth-order valence-electron chi connectivity index (χ4n) is 9.79. The minimum atomic E-state index is -2.09. The number of nitrogens with one attached hydrogen (secondary N) is 1. The van der Waals surface area contributed by atoms with Crippen LogP contribution in [0, 0.1) is 41.9 Å². The summed E-state index contributed by atoms with van der Waals surface area (Å²) in [6.07, 6.45) is 4.74. The molecule has 0 radical (unpaired) electrons. The van der Waals surface area contributed by atoms with Gasteiger partial charge in [0, 0.05) is 80.8 Å². The third-order valence-electron chi connectivity index (χ3n) is 13.8. The molecule has 3 aromatic rings. The lowest BCUT2D eigenvalue weighted by Crippen LogP contribution is -2.54. The van der Waals surface area contributed by atoms with E-state index in [1.165, 1.54) is 59.4 Å². The predicted molar refractivity (Wildman–Crippen MR) is 259 cm³/mol. The van der Waals surface area contributed by atoms with Crippen LogP contribution >= 0.6 is 0 Å². The third kappa shape index (κ3) is 10.3. The van der Waals surface area contributed by atoms with Crippen molar-refractivity contribution in [2.45, 2.75) is 118 Å². The van der Waals surface area contributed by atoms with Crippen LogP contribution in [0.1, 0.15) is 94.9 Å². The van der Waals surface area contributed by atoms with Crippen molar-refractivity contribution in [3.63, 3.8) is 0 Å². The molecule has 7 rings (SSSR count). The van der Waals surface area contributed by atoms with Crippen molar-refractivity contribution in [2.24, 2.45) is 28.8 Å². The van der Waals surface area contributed by atoms with E-state index >= 15 is 0 Å². The highest BCUT2D eigenvalue weighted by Gasteiger charge is 2.50. The van der Waals surface area contributed by atoms with Crippen molar-refractivity contribution in [3.05, 3.63) is 88.2 Å². The SMILES string of the molecule is CO[C@@H]1C=CO[C@@]2(C)Oc3c(C)c(O)c4c(O)c(c(C=NN5[C@H](C)CN(Cc6ccccc6C#N)C[C@@H]5C)c(O)c4c3C2=O)NC(=O)C(C)=CC=C[C@H](C)[C@H](O)[C@H](C)[C@H](O)[C@H](C)[C@@H](OC(C)=O)[C@H]1C. The summed E-state index contributed by atoms with van der Waals surface area (Å²) in [6.45, 7) is 18.1. The van der Waals surface area contributed by atoms with Crippen LogP contribution < -0.4 is 10.1 Å². The lowest BCUT2D eigenvalue weighted by molar-refractivity contribution is -0.160. The molecule has 4 aliphatic heterocycles. The molecule has 1 amide bonds. The number of ketones is 1. The third-order valence-corrected chi connectivity index (χ3v) is 13.8. The van der Waals surface area contributed by atoms with Crippen molar-refractivity contribution >= 4 is 40.3 Å². The van der Waals surface area contributed by atoms with Gasteiger partial charge in [-0.3, -0.25) is 24.3 Å². The summed E-state index contributed by atoms with van der Waals surface area (Å²) in [7, 11) is 1.43. The van der Waals surface area contributed by atoms with Crippen LogP contribution in [0.5, 0.6) is 23.0 Å². The number of carbonyl (C=O) groups is 3. The zero-order valence-corrected chi connectivity index (χ0v) is 41.1. The maximum absolute atomic E-state index is 14.7. The molecule has 17 heteroatoms. The van der Waals surface area contributed by atoms with Crippen molar-refractivity contribution in [1.29, 1.82) is 5.26 Å². The maximum Gasteiger partial charge on any atom is 0.312 e. The molecule has 0 aromatic heterocycles. The van der Waals surface area contributed by atoms with Crippen LogP contribution in [0.2, 0.25) is 0 Å². The van der Waals surface area contributed by atoms with Gasteiger partial charge in [0.05, 0.1) is 76.7 Å². The summed E-state index contributed by atoms with van der Waals surface area (Å²) >= 11 is 0. The Labute approximate surface area is 402 Å². The molecule has 0 unspecified atom stereocenters. The average molecular weight is 952 g/mol. The molecule has 4 aliphatic rings. The van der Waals surface area contributed by atoms with Gasteiger partial charge in [-0.1, -0.05) is 64.1 Å². The molecule has 17 nitrogen and oxygen atoms in total. The second kappa shape index (κ2) is 21.0. The minimum absolute atomic E-state index is 0.0332. The van der Waals surface area contributed by atoms with Crippen LogP contribution in [0.3, 0.4) is 0 Å². The van der Waals surface area contributed by atoms with E-state index in [1.54, 1.807) is 45.9 Å². The number of phenolic OH excluding ortho intramolecular Hbond substituents is 3. The fourth-order valence-corrected chi connectivity index (χ4v) is 9.79. The zero-order valence-electron chi connectivity index (χ0n) is 41.1. The number of hydrogen-bond donors (Lipinski definition) is 6. The number of piperazine rings is 1. The van der Waals surface area contributed by atoms with Gasteiger partial charge in [-0.05, 0) is 45.4 Å². The Morgan fingerprint density at radius 1 is 0.957 bits per heavy atom. The van der Waals surface area contributed by atoms with Crippen molar-refractivity contribution < 1.29 is 58.9 Å². The molecule has 3 aromatic carbocycles. The topological polar surface area (TPSA) is 244 Å². The molecule has 6 N–H and O–H groups in total. The Bertz CT molecular complexity index is 2630. The Kier molecular flexibility index (Phi) is 15.8. The van der Waals surface area contributed by atoms with Gasteiger partial charge >= 0.3 is 11.8 Å². The van der Waals surface area contributed by atoms with E-state index in [0.717, 1.165) is 5.56 Å². The Morgan fingerprint density at radius 2 is 1.62 bits per heavy atom. The summed E-state index contributed by atoms with van der Waals surface area (Å²) in [4.78, 5) is 43.3. The summed E-state index contributed by atoms with van der Waals surface area (Å²) < 4.78 is 23.8. The van der Waals surface area contributed by atoms with Gasteiger partial charge in [-0.25, -0.2) is 0 Å². The van der Waals surface area contributed by atoms with Crippen LogP contribution in [0.15, 0.2) is 65.5 Å². The zero-order chi connectivity index (χ0) is 50.8. The number of fused-ring (bicyclic) bond motifs is 14. The van der Waals surface area contributed by atoms with Crippen molar-refractivity contribution in [2.75, 3.05) is 25.5 Å². The molecule has 5 bridgehead atoms. The highest BCUT2D eigenvalue weighted by atomic mass is 16.7. The number of aliphatic hydroxyl groups is 2. The molecule has 0 spiro atoms. The molecule has 11 atom stereocenters. The van der Waals surface area contributed by atoms with E-state index in [4.69, 9.17) is 24.0 Å². The fraction of sp³-hybridized carbons (Fsp3) is 0.481. The summed E-state index contributed by atoms with van der Waals surface area (Å²) in [5.41, 5.74) is 0.978. The van der Waals surface area contributed by atoms with Gasteiger partial charge in [-0.2, -0.15) is 10.4 Å². The smallest absolute Gasteiger partial charge is 0.312 e. The number of benzene rings is 3. The highest BCUT2D eigenvalue weighted by Crippen LogP contribution is 2.55. The number of aromatic hydroxyl groups is 3. The Hall–Kier alpha value is -6.45. The molecule has 4 heterocycles. The standard InChI is InChI=1S/C52H65N5O12/c1-26-15-14-16-27(2)51(65)55-42-37(22-54-57-28(3)23-56(24-29(57)4)25-36-18-13-12-17-35(36)21-53)46(62)39-40(47(42)63)45(61)33(8)49-41(39)50(64)52(10,69-49)67-20-19-38(66-11)30(5)48(68-34(9)58)32(7)44(60)31(6)43(26)59/h12-20,22,26,28-32,38,43-44,48,59-63H,23-25H2,1-11H3,(H,55,65)/t26-,28-,29+,30-,31-,32-,38+,43-,44-,48-,52-/m0/s1. The Morgan fingerprint density at radius 3 is 2.26 bits per heavy atom. The number of nitriles is 1. The number of anilines is 1. The number of allylic oxidation sites excluding steroid dienone is 2. The normalized spacial score (nSPS) is 29.4. The first-order valence-corrected chi connectivity index (χ1v) is 23.2. The highest BCUT2D eigenvalue weighted by molar-refractivity contribution is 6.23. The molecule has 1 saturated heterocycles. The van der Waals surface area contributed by atoms with E-state index in [1.807, 2.05) is 37.1 Å². The molecule has 69 heavy (non-hydrogen) atoms. The second-order valence-corrected chi connectivity index (χ2v) is 18.9. The van der Waals surface area contributed by atoms with Gasteiger partial charge in [0.1, 0.15) is 23.4 Å². The number of ether oxygens (including phenoxy) is 4. The van der Waals surface area contributed by atoms with E-state index in [9.17, 15) is 45.2 Å². The van der Waals surface area contributed by atoms with E-state index < -0.39 is 88.8 Å². The number of phenols is 3. The summed E-state index contributed by atoms with van der Waals surface area (Å²) in [6, 6.07) is 9.29. The lowest BCUT2D eigenvalue weighted by atomic mass is 9.78. The number of rotatable bonds is 6. The molecule has 0 saturated carbocycles. The van der Waals surface area contributed by atoms with Gasteiger partial charge in [0.25, 0.3) is 11.7 Å². The second-order valence-electron chi connectivity index (χ2n) is 18.9. The minimum Gasteiger partial charge on any atom is -0.507 e. The molecular formula is C52H65N5O12. The van der Waals surface area contributed by atoms with E-state index in [-0.39, 0.29) is 56.6 Å². The first kappa shape index (κ1) is 51.9. The van der Waals surface area contributed by atoms with Crippen LogP contribution in [-0.2, 0) is 30.3 Å². The lowest BCUT2D eigenvalue weighted by Gasteiger charge is -2.43. The summed E-state index contributed by atoms with van der Waals surface area (Å²) in [5.74, 6) is -8.67. The largest absolute Gasteiger partial charge is 0.507 e. The monoisotopic (exact) mass is 951 g/mol. The first-order valence-electron chi connectivity index (χ1n) is 23.2. The number of aliphatic hydroxyl groups excluding tert-OH is 2. The number of Topliss-reactive ketones (excluding diaryl/α,β-unsaturated/α-hetero) is 1. The Balaban J connectivity index is 1.48. The van der Waals surface area contributed by atoms with Gasteiger partial charge in [0.2, 0.25) is 0 Å². The number of carbonyl (C=O) groups excluding carboxylic acids is 3. The number of hydrogen-bond acceptors (Lipinski definition) is 16. The van der Waals surface area contributed by atoms with E-state index in [2.05, 4.69) is 16.3 Å². The molecular weight excluding hydrogens is 887 g/mol. The number of nitrogens with zero attached hydrogens (tertiary/aromatic N) is 4. The maximum atomic E-state index is 14.7. The van der Waals surface area contributed by atoms with Crippen LogP contribution in [0.4, 0.5) is 5.69 Å². The average Bonchev–Trinajstić information content (AvgIpc) is 3.57.